The first-order valence-electron chi connectivity index (χ1n) is 11.6. The van der Waals surface area contributed by atoms with Crippen molar-refractivity contribution < 1.29 is 4.79 Å². The molecule has 1 aliphatic rings. The van der Waals surface area contributed by atoms with Crippen molar-refractivity contribution in [2.75, 3.05) is 13.6 Å². The van der Waals surface area contributed by atoms with Gasteiger partial charge in [-0.05, 0) is 74.3 Å². The van der Waals surface area contributed by atoms with Gasteiger partial charge in [0.25, 0.3) is 0 Å². The Balaban J connectivity index is 1.63. The van der Waals surface area contributed by atoms with E-state index in [0.717, 1.165) is 35.7 Å². The molecule has 0 aliphatic carbocycles. The van der Waals surface area contributed by atoms with Crippen LogP contribution in [0.25, 0.3) is 10.8 Å². The maximum absolute atomic E-state index is 13.7. The molecule has 1 amide bonds. The van der Waals surface area contributed by atoms with Crippen molar-refractivity contribution >= 4 is 28.3 Å². The summed E-state index contributed by atoms with van der Waals surface area (Å²) >= 11 is 6.40. The Kier molecular flexibility index (Phi) is 6.60. The van der Waals surface area contributed by atoms with E-state index in [4.69, 9.17) is 11.6 Å². The number of benzene rings is 3. The van der Waals surface area contributed by atoms with Crippen LogP contribution in [-0.2, 0) is 10.2 Å². The lowest BCUT2D eigenvalue weighted by Gasteiger charge is -2.48. The maximum atomic E-state index is 13.7. The van der Waals surface area contributed by atoms with E-state index in [1.165, 1.54) is 5.56 Å². The molecular formula is C28H33ClN2O. The summed E-state index contributed by atoms with van der Waals surface area (Å²) in [6, 6.07) is 23.0. The zero-order chi connectivity index (χ0) is 22.9. The monoisotopic (exact) mass is 448 g/mol. The molecule has 168 valence electrons. The third kappa shape index (κ3) is 4.29. The van der Waals surface area contributed by atoms with Gasteiger partial charge in [-0.3, -0.25) is 4.79 Å². The molecule has 4 unspecified atom stereocenters. The number of rotatable bonds is 5. The molecule has 0 radical (unpaired) electrons. The van der Waals surface area contributed by atoms with Crippen LogP contribution in [0.5, 0.6) is 0 Å². The number of nitrogens with one attached hydrogen (secondary N) is 1. The quantitative estimate of drug-likeness (QED) is 0.492. The first-order chi connectivity index (χ1) is 15.3. The van der Waals surface area contributed by atoms with Gasteiger partial charge in [-0.2, -0.15) is 0 Å². The van der Waals surface area contributed by atoms with E-state index in [0.29, 0.717) is 11.1 Å². The van der Waals surface area contributed by atoms with Crippen LogP contribution in [0.15, 0.2) is 66.7 Å². The number of carbonyl (C=O) groups is 1. The smallest absolute Gasteiger partial charge is 0.224 e. The highest BCUT2D eigenvalue weighted by Crippen LogP contribution is 2.44. The molecule has 3 aromatic carbocycles. The van der Waals surface area contributed by atoms with Crippen molar-refractivity contribution in [1.82, 2.24) is 10.2 Å². The molecular weight excluding hydrogens is 416 g/mol. The van der Waals surface area contributed by atoms with Gasteiger partial charge in [0.2, 0.25) is 5.91 Å². The Morgan fingerprint density at radius 1 is 1.09 bits per heavy atom. The Labute approximate surface area is 196 Å². The van der Waals surface area contributed by atoms with Gasteiger partial charge in [0.05, 0.1) is 6.04 Å². The average molecular weight is 449 g/mol. The first-order valence-corrected chi connectivity index (χ1v) is 11.9. The largest absolute Gasteiger partial charge is 0.349 e. The lowest BCUT2D eigenvalue weighted by atomic mass is 9.63. The van der Waals surface area contributed by atoms with Gasteiger partial charge in [0, 0.05) is 22.4 Å². The van der Waals surface area contributed by atoms with Crippen molar-refractivity contribution in [1.29, 1.82) is 0 Å². The minimum atomic E-state index is -0.173. The van der Waals surface area contributed by atoms with Gasteiger partial charge >= 0.3 is 0 Å². The molecule has 3 aromatic rings. The average Bonchev–Trinajstić information content (AvgIpc) is 2.80. The summed E-state index contributed by atoms with van der Waals surface area (Å²) in [7, 11) is 2.18. The standard InChI is InChI=1S/C28H33ClN2O/c1-19-18-28(14-15-31(19)4,23-11-6-5-7-12-23)20(2)27(32)30-21(3)26-17-24(29)16-22-10-8-9-13-25(22)26/h5-13,16-17,19-21H,14-15,18H2,1-4H3,(H,30,32). The third-order valence-corrected chi connectivity index (χ3v) is 7.80. The van der Waals surface area contributed by atoms with Gasteiger partial charge in [0.15, 0.2) is 0 Å². The van der Waals surface area contributed by atoms with E-state index >= 15 is 0 Å². The second kappa shape index (κ2) is 9.25. The van der Waals surface area contributed by atoms with Crippen LogP contribution < -0.4 is 5.32 Å². The van der Waals surface area contributed by atoms with Gasteiger partial charge in [-0.25, -0.2) is 0 Å². The molecule has 1 saturated heterocycles. The van der Waals surface area contributed by atoms with E-state index in [1.807, 2.05) is 30.3 Å². The lowest BCUT2D eigenvalue weighted by Crippen LogP contribution is -2.52. The Morgan fingerprint density at radius 2 is 1.78 bits per heavy atom. The summed E-state index contributed by atoms with van der Waals surface area (Å²) < 4.78 is 0. The molecule has 3 nitrogen and oxygen atoms in total. The van der Waals surface area contributed by atoms with Crippen molar-refractivity contribution in [3.05, 3.63) is 82.9 Å². The minimum Gasteiger partial charge on any atom is -0.349 e. The van der Waals surface area contributed by atoms with Crippen LogP contribution in [-0.4, -0.2) is 30.4 Å². The van der Waals surface area contributed by atoms with Crippen LogP contribution in [0.4, 0.5) is 0 Å². The molecule has 0 saturated carbocycles. The van der Waals surface area contributed by atoms with Crippen molar-refractivity contribution in [3.8, 4) is 0 Å². The highest BCUT2D eigenvalue weighted by atomic mass is 35.5. The summed E-state index contributed by atoms with van der Waals surface area (Å²) in [5.74, 6) is -0.0453. The van der Waals surface area contributed by atoms with Crippen LogP contribution in [0.1, 0.15) is 50.8 Å². The Morgan fingerprint density at radius 3 is 2.50 bits per heavy atom. The highest BCUT2D eigenvalue weighted by molar-refractivity contribution is 6.31. The van der Waals surface area contributed by atoms with E-state index in [9.17, 15) is 4.79 Å². The number of nitrogens with zero attached hydrogens (tertiary/aromatic N) is 1. The fourth-order valence-electron chi connectivity index (χ4n) is 5.38. The van der Waals surface area contributed by atoms with Crippen molar-refractivity contribution in [2.45, 2.75) is 51.1 Å². The number of amides is 1. The maximum Gasteiger partial charge on any atom is 0.224 e. The second-order valence-corrected chi connectivity index (χ2v) is 9.91. The molecule has 1 heterocycles. The van der Waals surface area contributed by atoms with Crippen LogP contribution in [0.2, 0.25) is 5.02 Å². The second-order valence-electron chi connectivity index (χ2n) is 9.47. The predicted molar refractivity (Wildman–Crippen MR) is 134 cm³/mol. The lowest BCUT2D eigenvalue weighted by molar-refractivity contribution is -0.128. The summed E-state index contributed by atoms with van der Waals surface area (Å²) in [5.41, 5.74) is 2.15. The Hall–Kier alpha value is -2.36. The molecule has 0 aromatic heterocycles. The third-order valence-electron chi connectivity index (χ3n) is 7.58. The van der Waals surface area contributed by atoms with Crippen molar-refractivity contribution in [3.63, 3.8) is 0 Å². The van der Waals surface area contributed by atoms with Crippen LogP contribution in [0.3, 0.4) is 0 Å². The number of hydrogen-bond donors (Lipinski definition) is 1. The van der Waals surface area contributed by atoms with Crippen LogP contribution >= 0.6 is 11.6 Å². The van der Waals surface area contributed by atoms with E-state index < -0.39 is 0 Å². The molecule has 0 spiro atoms. The van der Waals surface area contributed by atoms with Gasteiger partial charge in [0.1, 0.15) is 0 Å². The number of piperidine rings is 1. The predicted octanol–water partition coefficient (Wildman–Crippen LogP) is 6.36. The molecule has 4 atom stereocenters. The molecule has 1 aliphatic heterocycles. The molecule has 0 bridgehead atoms. The van der Waals surface area contributed by atoms with Gasteiger partial charge in [-0.1, -0.05) is 73.1 Å². The van der Waals surface area contributed by atoms with Crippen molar-refractivity contribution in [2.24, 2.45) is 5.92 Å². The summed E-state index contributed by atoms with van der Waals surface area (Å²) in [6.45, 7) is 7.41. The number of halogens is 1. The first kappa shape index (κ1) is 22.8. The highest BCUT2D eigenvalue weighted by Gasteiger charge is 2.45. The fraction of sp³-hybridized carbons (Fsp3) is 0.393. The molecule has 4 heteroatoms. The van der Waals surface area contributed by atoms with Crippen LogP contribution in [0, 0.1) is 5.92 Å². The summed E-state index contributed by atoms with van der Waals surface area (Å²) in [5, 5.41) is 6.23. The summed E-state index contributed by atoms with van der Waals surface area (Å²) in [6.07, 6.45) is 1.94. The summed E-state index contributed by atoms with van der Waals surface area (Å²) in [4.78, 5) is 16.1. The number of likely N-dealkylation sites (tertiary alicyclic amines) is 1. The zero-order valence-electron chi connectivity index (χ0n) is 19.4. The van der Waals surface area contributed by atoms with E-state index in [1.54, 1.807) is 0 Å². The van der Waals surface area contributed by atoms with E-state index in [-0.39, 0.29) is 23.3 Å². The zero-order valence-corrected chi connectivity index (χ0v) is 20.2. The molecule has 4 rings (SSSR count). The fourth-order valence-corrected chi connectivity index (χ4v) is 5.62. The SMILES string of the molecule is CC(NC(=O)C(C)C1(c2ccccc2)CCN(C)C(C)C1)c1cc(Cl)cc2ccccc12. The minimum absolute atomic E-state index is 0.0992. The van der Waals surface area contributed by atoms with Gasteiger partial charge < -0.3 is 10.2 Å². The molecule has 1 N–H and O–H groups in total. The molecule has 32 heavy (non-hydrogen) atoms. The topological polar surface area (TPSA) is 32.3 Å². The number of carbonyl (C=O) groups excluding carboxylic acids is 1. The van der Waals surface area contributed by atoms with Gasteiger partial charge in [-0.15, -0.1) is 0 Å². The normalized spacial score (nSPS) is 23.6. The Bertz CT molecular complexity index is 1100. The van der Waals surface area contributed by atoms with E-state index in [2.05, 4.69) is 74.4 Å². The number of fused-ring (bicyclic) bond motifs is 1. The molecule has 1 fully saturated rings. The number of hydrogen-bond acceptors (Lipinski definition) is 2.